The van der Waals surface area contributed by atoms with E-state index in [2.05, 4.69) is 11.4 Å². The Hall–Kier alpha value is -0.730. The van der Waals surface area contributed by atoms with Crippen molar-refractivity contribution in [2.75, 3.05) is 19.2 Å². The summed E-state index contributed by atoms with van der Waals surface area (Å²) >= 11 is 6.05. The number of anilines is 1. The van der Waals surface area contributed by atoms with Gasteiger partial charge in [0, 0.05) is 7.11 Å². The lowest BCUT2D eigenvalue weighted by molar-refractivity contribution is 0.221. The van der Waals surface area contributed by atoms with Gasteiger partial charge in [-0.2, -0.15) is 0 Å². The van der Waals surface area contributed by atoms with Gasteiger partial charge in [0.05, 0.1) is 10.7 Å². The van der Waals surface area contributed by atoms with Crippen molar-refractivity contribution < 1.29 is 4.74 Å². The van der Waals surface area contributed by atoms with Crippen molar-refractivity contribution in [3.63, 3.8) is 0 Å². The van der Waals surface area contributed by atoms with Crippen LogP contribution in [0.25, 0.3) is 0 Å². The van der Waals surface area contributed by atoms with Crippen molar-refractivity contribution in [3.05, 3.63) is 28.3 Å². The Kier molecular flexibility index (Phi) is 3.58. The highest BCUT2D eigenvalue weighted by Gasteiger charge is 2.03. The molecule has 0 aliphatic heterocycles. The molecule has 0 saturated heterocycles. The van der Waals surface area contributed by atoms with Crippen LogP contribution in [-0.4, -0.2) is 13.8 Å². The van der Waals surface area contributed by atoms with E-state index in [4.69, 9.17) is 16.3 Å². The van der Waals surface area contributed by atoms with Crippen LogP contribution in [0, 0.1) is 13.8 Å². The Morgan fingerprint density at radius 2 is 2.08 bits per heavy atom. The van der Waals surface area contributed by atoms with Crippen LogP contribution in [0.4, 0.5) is 5.69 Å². The average Bonchev–Trinajstić information content (AvgIpc) is 2.02. The maximum Gasteiger partial charge on any atom is 0.116 e. The van der Waals surface area contributed by atoms with Gasteiger partial charge in [-0.25, -0.2) is 0 Å². The van der Waals surface area contributed by atoms with E-state index in [0.29, 0.717) is 6.73 Å². The minimum absolute atomic E-state index is 0.476. The van der Waals surface area contributed by atoms with Crippen LogP contribution in [0.15, 0.2) is 12.1 Å². The van der Waals surface area contributed by atoms with Gasteiger partial charge in [0.25, 0.3) is 0 Å². The normalized spacial score (nSPS) is 10.2. The molecule has 0 radical (unpaired) electrons. The molecule has 0 atom stereocenters. The molecule has 0 aliphatic rings. The van der Waals surface area contributed by atoms with Crippen molar-refractivity contribution in [3.8, 4) is 0 Å². The summed E-state index contributed by atoms with van der Waals surface area (Å²) in [6.07, 6.45) is 0. The second-order valence-corrected chi connectivity index (χ2v) is 3.46. The molecular weight excluding hydrogens is 186 g/mol. The van der Waals surface area contributed by atoms with Gasteiger partial charge in [-0.15, -0.1) is 0 Å². The predicted octanol–water partition coefficient (Wildman–Crippen LogP) is 2.97. The fourth-order valence-corrected chi connectivity index (χ4v) is 1.67. The first-order valence-corrected chi connectivity index (χ1v) is 4.52. The largest absolute Gasteiger partial charge is 0.365 e. The lowest BCUT2D eigenvalue weighted by atomic mass is 10.1. The van der Waals surface area contributed by atoms with Crippen LogP contribution in [0.1, 0.15) is 11.1 Å². The minimum Gasteiger partial charge on any atom is -0.365 e. The molecule has 1 rings (SSSR count). The lowest BCUT2D eigenvalue weighted by Gasteiger charge is -2.11. The molecule has 0 fully saturated rings. The summed E-state index contributed by atoms with van der Waals surface area (Å²) in [4.78, 5) is 0. The van der Waals surface area contributed by atoms with Crippen molar-refractivity contribution in [1.82, 2.24) is 0 Å². The summed E-state index contributed by atoms with van der Waals surface area (Å²) in [7, 11) is 1.64. The zero-order valence-electron chi connectivity index (χ0n) is 8.15. The zero-order valence-corrected chi connectivity index (χ0v) is 8.90. The molecule has 0 amide bonds. The molecule has 1 aromatic rings. The first-order valence-electron chi connectivity index (χ1n) is 4.14. The maximum atomic E-state index is 6.05. The fraction of sp³-hybridized carbons (Fsp3) is 0.400. The smallest absolute Gasteiger partial charge is 0.116 e. The van der Waals surface area contributed by atoms with Gasteiger partial charge in [-0.1, -0.05) is 17.7 Å². The quantitative estimate of drug-likeness (QED) is 0.756. The third kappa shape index (κ3) is 2.61. The Labute approximate surface area is 83.9 Å². The van der Waals surface area contributed by atoms with E-state index in [1.165, 1.54) is 5.56 Å². The van der Waals surface area contributed by atoms with E-state index in [0.717, 1.165) is 16.3 Å². The number of methoxy groups -OCH3 is 1. The molecule has 0 saturated carbocycles. The number of nitrogens with one attached hydrogen (secondary N) is 1. The Balaban J connectivity index is 2.92. The van der Waals surface area contributed by atoms with Gasteiger partial charge < -0.3 is 10.1 Å². The van der Waals surface area contributed by atoms with E-state index < -0.39 is 0 Å². The van der Waals surface area contributed by atoms with Gasteiger partial charge in [0.2, 0.25) is 0 Å². The molecule has 2 nitrogen and oxygen atoms in total. The van der Waals surface area contributed by atoms with Crippen molar-refractivity contribution in [2.45, 2.75) is 13.8 Å². The van der Waals surface area contributed by atoms with Crippen LogP contribution in [0.3, 0.4) is 0 Å². The Morgan fingerprint density at radius 3 is 2.62 bits per heavy atom. The standard InChI is InChI=1S/C10H14ClNO/c1-7-4-8(2)10(9(11)5-7)12-6-13-3/h4-5,12H,6H2,1-3H3. The molecule has 0 aliphatic carbocycles. The third-order valence-electron chi connectivity index (χ3n) is 1.83. The number of hydrogen-bond acceptors (Lipinski definition) is 2. The number of rotatable bonds is 3. The maximum absolute atomic E-state index is 6.05. The number of aryl methyl sites for hydroxylation is 2. The molecule has 3 heteroatoms. The summed E-state index contributed by atoms with van der Waals surface area (Å²) in [5, 5.41) is 3.85. The molecule has 0 aromatic heterocycles. The van der Waals surface area contributed by atoms with Gasteiger partial charge in [0.1, 0.15) is 6.73 Å². The summed E-state index contributed by atoms with van der Waals surface area (Å²) in [5.74, 6) is 0. The molecule has 0 spiro atoms. The topological polar surface area (TPSA) is 21.3 Å². The molecule has 1 aromatic carbocycles. The second kappa shape index (κ2) is 4.49. The van der Waals surface area contributed by atoms with Crippen LogP contribution < -0.4 is 5.32 Å². The van der Waals surface area contributed by atoms with Crippen LogP contribution in [0.2, 0.25) is 5.02 Å². The van der Waals surface area contributed by atoms with E-state index in [1.807, 2.05) is 19.9 Å². The molecule has 72 valence electrons. The second-order valence-electron chi connectivity index (χ2n) is 3.05. The van der Waals surface area contributed by atoms with E-state index in [1.54, 1.807) is 7.11 Å². The molecule has 1 N–H and O–H groups in total. The molecule has 0 heterocycles. The number of halogens is 1. The van der Waals surface area contributed by atoms with Crippen molar-refractivity contribution in [1.29, 1.82) is 0 Å². The van der Waals surface area contributed by atoms with Crippen molar-refractivity contribution in [2.24, 2.45) is 0 Å². The van der Waals surface area contributed by atoms with Crippen molar-refractivity contribution >= 4 is 17.3 Å². The average molecular weight is 200 g/mol. The summed E-state index contributed by atoms with van der Waals surface area (Å²) in [6, 6.07) is 4.02. The van der Waals surface area contributed by atoms with Crippen LogP contribution >= 0.6 is 11.6 Å². The fourth-order valence-electron chi connectivity index (χ4n) is 1.28. The highest BCUT2D eigenvalue weighted by Crippen LogP contribution is 2.26. The first kappa shape index (κ1) is 10.4. The monoisotopic (exact) mass is 199 g/mol. The number of benzene rings is 1. The molecule has 0 bridgehead atoms. The van der Waals surface area contributed by atoms with Gasteiger partial charge in [-0.05, 0) is 31.0 Å². The summed E-state index contributed by atoms with van der Waals surface area (Å²) in [6.45, 7) is 4.53. The molecule has 0 unspecified atom stereocenters. The summed E-state index contributed by atoms with van der Waals surface area (Å²) < 4.78 is 4.92. The van der Waals surface area contributed by atoms with Gasteiger partial charge in [-0.3, -0.25) is 0 Å². The van der Waals surface area contributed by atoms with Gasteiger partial charge in [0.15, 0.2) is 0 Å². The SMILES string of the molecule is COCNc1c(C)cc(C)cc1Cl. The van der Waals surface area contributed by atoms with Gasteiger partial charge >= 0.3 is 0 Å². The van der Waals surface area contributed by atoms with E-state index >= 15 is 0 Å². The number of hydrogen-bond donors (Lipinski definition) is 1. The van der Waals surface area contributed by atoms with E-state index in [-0.39, 0.29) is 0 Å². The predicted molar refractivity (Wildman–Crippen MR) is 56.4 cm³/mol. The highest BCUT2D eigenvalue weighted by molar-refractivity contribution is 6.33. The third-order valence-corrected chi connectivity index (χ3v) is 2.12. The first-order chi connectivity index (χ1) is 6.15. The van der Waals surface area contributed by atoms with Crippen LogP contribution in [-0.2, 0) is 4.74 Å². The Morgan fingerprint density at radius 1 is 1.38 bits per heavy atom. The molecule has 13 heavy (non-hydrogen) atoms. The lowest BCUT2D eigenvalue weighted by Crippen LogP contribution is -2.05. The Bertz CT molecular complexity index is 276. The summed E-state index contributed by atoms with van der Waals surface area (Å²) in [5.41, 5.74) is 3.27. The van der Waals surface area contributed by atoms with E-state index in [9.17, 15) is 0 Å². The number of ether oxygens (including phenoxy) is 1. The minimum atomic E-state index is 0.476. The molecular formula is C10H14ClNO. The highest BCUT2D eigenvalue weighted by atomic mass is 35.5. The zero-order chi connectivity index (χ0) is 9.84. The van der Waals surface area contributed by atoms with Crippen LogP contribution in [0.5, 0.6) is 0 Å².